The van der Waals surface area contributed by atoms with Crippen molar-refractivity contribution in [3.05, 3.63) is 36.5 Å². The summed E-state index contributed by atoms with van der Waals surface area (Å²) >= 11 is 0. The predicted octanol–water partition coefficient (Wildman–Crippen LogP) is 3.05. The van der Waals surface area contributed by atoms with Crippen molar-refractivity contribution in [3.8, 4) is 11.8 Å². The van der Waals surface area contributed by atoms with Gasteiger partial charge in [0, 0.05) is 6.42 Å². The van der Waals surface area contributed by atoms with Crippen LogP contribution < -0.4 is 0 Å². The van der Waals surface area contributed by atoms with Crippen LogP contribution in [0.4, 0.5) is 0 Å². The summed E-state index contributed by atoms with van der Waals surface area (Å²) in [6.07, 6.45) is 12.3. The summed E-state index contributed by atoms with van der Waals surface area (Å²) in [5.41, 5.74) is 0. The molecule has 152 valence electrons. The van der Waals surface area contributed by atoms with E-state index in [1.807, 2.05) is 0 Å². The highest BCUT2D eigenvalue weighted by Gasteiger charge is 2.13. The van der Waals surface area contributed by atoms with Gasteiger partial charge in [0.05, 0.1) is 24.9 Å². The summed E-state index contributed by atoms with van der Waals surface area (Å²) in [7, 11) is 0. The van der Waals surface area contributed by atoms with Crippen LogP contribution in [0.2, 0.25) is 0 Å². The van der Waals surface area contributed by atoms with E-state index in [0.29, 0.717) is 19.4 Å². The van der Waals surface area contributed by atoms with Crippen molar-refractivity contribution >= 4 is 5.97 Å². The monoisotopic (exact) mass is 378 g/mol. The minimum atomic E-state index is -0.997. The third kappa shape index (κ3) is 16.1. The molecular formula is C22H34O5. The first-order valence-corrected chi connectivity index (χ1v) is 9.72. The Labute approximate surface area is 163 Å². The molecule has 0 bridgehead atoms. The molecule has 3 unspecified atom stereocenters. The summed E-state index contributed by atoms with van der Waals surface area (Å²) in [4.78, 5) is 11.2. The molecule has 0 heterocycles. The van der Waals surface area contributed by atoms with E-state index >= 15 is 0 Å². The third-order valence-corrected chi connectivity index (χ3v) is 3.77. The Bertz CT molecular complexity index is 525. The maximum atomic E-state index is 11.2. The first-order valence-electron chi connectivity index (χ1n) is 9.72. The van der Waals surface area contributed by atoms with Gasteiger partial charge in [0.2, 0.25) is 0 Å². The van der Waals surface area contributed by atoms with E-state index in [1.54, 1.807) is 37.3 Å². The number of carbonyl (C=O) groups is 1. The molecule has 0 spiro atoms. The van der Waals surface area contributed by atoms with Gasteiger partial charge in [-0.15, -0.1) is 0 Å². The minimum absolute atomic E-state index is 0.234. The molecule has 0 aromatic heterocycles. The van der Waals surface area contributed by atoms with Gasteiger partial charge in [-0.3, -0.25) is 4.79 Å². The number of aliphatic hydroxyl groups is 3. The van der Waals surface area contributed by atoms with Gasteiger partial charge in [0.25, 0.3) is 0 Å². The quantitative estimate of drug-likeness (QED) is 0.198. The molecular weight excluding hydrogens is 344 g/mol. The molecule has 0 rings (SSSR count). The first kappa shape index (κ1) is 25.1. The molecule has 0 aromatic rings. The highest BCUT2D eigenvalue weighted by Crippen LogP contribution is 2.07. The van der Waals surface area contributed by atoms with E-state index in [0.717, 1.165) is 25.7 Å². The van der Waals surface area contributed by atoms with Crippen LogP contribution in [-0.4, -0.2) is 46.2 Å². The molecule has 3 atom stereocenters. The lowest BCUT2D eigenvalue weighted by Crippen LogP contribution is -2.23. The van der Waals surface area contributed by atoms with E-state index in [-0.39, 0.29) is 12.4 Å². The Morgan fingerprint density at radius 1 is 0.963 bits per heavy atom. The average molecular weight is 379 g/mol. The normalized spacial score (nSPS) is 15.0. The molecule has 3 N–H and O–H groups in total. The van der Waals surface area contributed by atoms with Gasteiger partial charge in [-0.1, -0.05) is 56.3 Å². The molecule has 5 nitrogen and oxygen atoms in total. The summed E-state index contributed by atoms with van der Waals surface area (Å²) in [6, 6.07) is 0. The largest absolute Gasteiger partial charge is 0.466 e. The van der Waals surface area contributed by atoms with Crippen molar-refractivity contribution in [3.63, 3.8) is 0 Å². The lowest BCUT2D eigenvalue weighted by atomic mass is 10.1. The molecule has 0 aliphatic carbocycles. The number of unbranched alkanes of at least 4 members (excludes halogenated alkanes) is 2. The van der Waals surface area contributed by atoms with Crippen LogP contribution in [-0.2, 0) is 9.53 Å². The van der Waals surface area contributed by atoms with Crippen molar-refractivity contribution in [2.75, 3.05) is 6.61 Å². The molecule has 0 amide bonds. The van der Waals surface area contributed by atoms with E-state index < -0.39 is 18.3 Å². The number of ether oxygens (including phenoxy) is 1. The fraction of sp³-hybridized carbons (Fsp3) is 0.591. The lowest BCUT2D eigenvalue weighted by molar-refractivity contribution is -0.143. The molecule has 5 heteroatoms. The molecule has 0 radical (unpaired) electrons. The fourth-order valence-electron chi connectivity index (χ4n) is 2.22. The standard InChI is InChI=1S/C22H34O5/c1-3-5-10-14-19(23)15-11-8-6-7-9-12-16-20(24)21(25)17-13-18-22(26)27-4-2/h7,9,11-12,15-16,19-21,23-25H,3-5,10,13-14,17-18H2,1-2H3/b9-7+,15-11+,16-12+. The van der Waals surface area contributed by atoms with Gasteiger partial charge in [-0.25, -0.2) is 0 Å². The van der Waals surface area contributed by atoms with Crippen molar-refractivity contribution in [2.24, 2.45) is 0 Å². The Kier molecular flexibility index (Phi) is 16.3. The van der Waals surface area contributed by atoms with Crippen molar-refractivity contribution in [1.82, 2.24) is 0 Å². The number of allylic oxidation sites excluding steroid dienone is 4. The third-order valence-electron chi connectivity index (χ3n) is 3.77. The maximum Gasteiger partial charge on any atom is 0.305 e. The van der Waals surface area contributed by atoms with Crippen LogP contribution in [0, 0.1) is 11.8 Å². The van der Waals surface area contributed by atoms with E-state index in [1.165, 1.54) is 6.08 Å². The molecule has 0 saturated heterocycles. The van der Waals surface area contributed by atoms with Gasteiger partial charge in [0.1, 0.15) is 0 Å². The molecule has 0 aromatic carbocycles. The van der Waals surface area contributed by atoms with Crippen LogP contribution >= 0.6 is 0 Å². The van der Waals surface area contributed by atoms with Crippen LogP contribution in [0.15, 0.2) is 36.5 Å². The van der Waals surface area contributed by atoms with Gasteiger partial charge >= 0.3 is 5.97 Å². The Hall–Kier alpha value is -1.87. The lowest BCUT2D eigenvalue weighted by Gasteiger charge is -2.13. The highest BCUT2D eigenvalue weighted by atomic mass is 16.5. The second kappa shape index (κ2) is 17.5. The molecule has 27 heavy (non-hydrogen) atoms. The zero-order chi connectivity index (χ0) is 20.3. The van der Waals surface area contributed by atoms with Crippen LogP contribution in [0.5, 0.6) is 0 Å². The van der Waals surface area contributed by atoms with Crippen LogP contribution in [0.25, 0.3) is 0 Å². The maximum absolute atomic E-state index is 11.2. The first-order chi connectivity index (χ1) is 13.0. The number of hydrogen-bond acceptors (Lipinski definition) is 5. The fourth-order valence-corrected chi connectivity index (χ4v) is 2.22. The van der Waals surface area contributed by atoms with Crippen molar-refractivity contribution in [2.45, 2.75) is 77.1 Å². The minimum Gasteiger partial charge on any atom is -0.466 e. The molecule has 0 aliphatic rings. The zero-order valence-corrected chi connectivity index (χ0v) is 16.5. The number of hydrogen-bond donors (Lipinski definition) is 3. The number of esters is 1. The molecule has 0 saturated carbocycles. The topological polar surface area (TPSA) is 87.0 Å². The Balaban J connectivity index is 4.03. The van der Waals surface area contributed by atoms with Gasteiger partial charge in [0.15, 0.2) is 0 Å². The summed E-state index contributed by atoms with van der Waals surface area (Å²) < 4.78 is 4.80. The number of rotatable bonds is 13. The van der Waals surface area contributed by atoms with Crippen LogP contribution in [0.1, 0.15) is 58.8 Å². The predicted molar refractivity (Wildman–Crippen MR) is 108 cm³/mol. The Morgan fingerprint density at radius 2 is 1.70 bits per heavy atom. The van der Waals surface area contributed by atoms with Crippen molar-refractivity contribution < 1.29 is 24.9 Å². The highest BCUT2D eigenvalue weighted by molar-refractivity contribution is 5.69. The van der Waals surface area contributed by atoms with Gasteiger partial charge in [-0.05, 0) is 44.4 Å². The van der Waals surface area contributed by atoms with Crippen LogP contribution in [0.3, 0.4) is 0 Å². The Morgan fingerprint density at radius 3 is 2.41 bits per heavy atom. The van der Waals surface area contributed by atoms with Crippen molar-refractivity contribution in [1.29, 1.82) is 0 Å². The summed E-state index contributed by atoms with van der Waals surface area (Å²) in [5.74, 6) is 5.30. The van der Waals surface area contributed by atoms with Gasteiger partial charge in [-0.2, -0.15) is 0 Å². The van der Waals surface area contributed by atoms with Gasteiger partial charge < -0.3 is 20.1 Å². The molecule has 0 fully saturated rings. The summed E-state index contributed by atoms with van der Waals surface area (Å²) in [5, 5.41) is 29.3. The second-order valence-electron chi connectivity index (χ2n) is 6.21. The van der Waals surface area contributed by atoms with E-state index in [9.17, 15) is 20.1 Å². The molecule has 0 aliphatic heterocycles. The van der Waals surface area contributed by atoms with E-state index in [2.05, 4.69) is 18.8 Å². The zero-order valence-electron chi connectivity index (χ0n) is 16.5. The second-order valence-corrected chi connectivity index (χ2v) is 6.21. The van der Waals surface area contributed by atoms with E-state index in [4.69, 9.17) is 4.74 Å². The summed E-state index contributed by atoms with van der Waals surface area (Å²) in [6.45, 7) is 4.21. The SMILES string of the molecule is CCCCCC(O)/C=C/C#C/C=C/C=C/C(O)C(O)CCCC(=O)OCC. The number of aliphatic hydroxyl groups excluding tert-OH is 3. The number of carbonyl (C=O) groups excluding carboxylic acids is 1. The average Bonchev–Trinajstić information content (AvgIpc) is 2.64. The smallest absolute Gasteiger partial charge is 0.305 e.